The number of rotatable bonds is 3. The van der Waals surface area contributed by atoms with E-state index in [1.807, 2.05) is 0 Å². The number of aromatic amines is 1. The van der Waals surface area contributed by atoms with E-state index < -0.39 is 11.6 Å². The van der Waals surface area contributed by atoms with Gasteiger partial charge in [0.05, 0.1) is 0 Å². The fourth-order valence-corrected chi connectivity index (χ4v) is 2.17. The second-order valence-electron chi connectivity index (χ2n) is 6.59. The van der Waals surface area contributed by atoms with E-state index in [-0.39, 0.29) is 11.2 Å². The van der Waals surface area contributed by atoms with Gasteiger partial charge in [-0.2, -0.15) is 5.10 Å². The number of nitrogen functional groups attached to an aromatic ring is 1. The van der Waals surface area contributed by atoms with Crippen molar-refractivity contribution in [1.29, 1.82) is 0 Å². The third-order valence-electron chi connectivity index (χ3n) is 4.01. The van der Waals surface area contributed by atoms with Crippen LogP contribution in [-0.2, 0) is 6.42 Å². The van der Waals surface area contributed by atoms with Crippen molar-refractivity contribution in [3.63, 3.8) is 0 Å². The highest BCUT2D eigenvalue weighted by atomic mass is 19.1. The number of halogens is 2. The van der Waals surface area contributed by atoms with Crippen LogP contribution in [0.4, 0.5) is 14.6 Å². The van der Waals surface area contributed by atoms with Crippen LogP contribution in [0.2, 0.25) is 0 Å². The molecule has 114 valence electrons. The van der Waals surface area contributed by atoms with Crippen molar-refractivity contribution >= 4 is 5.82 Å². The van der Waals surface area contributed by atoms with E-state index in [0.29, 0.717) is 23.5 Å². The molecule has 0 saturated carbocycles. The number of hydrogen-bond donors (Lipinski definition) is 2. The molecule has 0 amide bonds. The van der Waals surface area contributed by atoms with E-state index in [1.54, 1.807) is 0 Å². The first kappa shape index (κ1) is 15.5. The summed E-state index contributed by atoms with van der Waals surface area (Å²) in [7, 11) is 0. The summed E-state index contributed by atoms with van der Waals surface area (Å²) in [6.07, 6.45) is 0.709. The standard InChI is InChI=1S/C16H21F2N3/c1-9(16(2,3)4)5-13-14(15(19)21-20-13)10-6-11(17)8-12(18)7-10/h6-9H,5H2,1-4H3,(H3,19,20,21). The molecule has 0 fully saturated rings. The van der Waals surface area contributed by atoms with Crippen LogP contribution in [0.1, 0.15) is 33.4 Å². The molecule has 2 aromatic rings. The van der Waals surface area contributed by atoms with Gasteiger partial charge in [-0.15, -0.1) is 0 Å². The summed E-state index contributed by atoms with van der Waals surface area (Å²) in [5, 5.41) is 6.89. The highest BCUT2D eigenvalue weighted by molar-refractivity contribution is 5.76. The lowest BCUT2D eigenvalue weighted by Gasteiger charge is -2.27. The van der Waals surface area contributed by atoms with E-state index in [9.17, 15) is 8.78 Å². The highest BCUT2D eigenvalue weighted by Crippen LogP contribution is 2.34. The third kappa shape index (κ3) is 3.40. The van der Waals surface area contributed by atoms with Gasteiger partial charge in [-0.3, -0.25) is 5.10 Å². The molecule has 0 aliphatic rings. The van der Waals surface area contributed by atoms with Crippen LogP contribution >= 0.6 is 0 Å². The van der Waals surface area contributed by atoms with E-state index in [2.05, 4.69) is 37.9 Å². The second kappa shape index (κ2) is 5.47. The molecule has 1 heterocycles. The number of nitrogens with two attached hydrogens (primary N) is 1. The number of nitrogens with zero attached hydrogens (tertiary/aromatic N) is 1. The SMILES string of the molecule is CC(Cc1[nH]nc(N)c1-c1cc(F)cc(F)c1)C(C)(C)C. The summed E-state index contributed by atoms with van der Waals surface area (Å²) >= 11 is 0. The van der Waals surface area contributed by atoms with Crippen LogP contribution in [-0.4, -0.2) is 10.2 Å². The van der Waals surface area contributed by atoms with Crippen LogP contribution in [0.5, 0.6) is 0 Å². The first-order chi connectivity index (χ1) is 9.68. The smallest absolute Gasteiger partial charge is 0.153 e. The summed E-state index contributed by atoms with van der Waals surface area (Å²) in [4.78, 5) is 0. The third-order valence-corrected chi connectivity index (χ3v) is 4.01. The maximum Gasteiger partial charge on any atom is 0.153 e. The van der Waals surface area contributed by atoms with Crippen LogP contribution in [0.15, 0.2) is 18.2 Å². The zero-order chi connectivity index (χ0) is 15.8. The zero-order valence-corrected chi connectivity index (χ0v) is 12.8. The lowest BCUT2D eigenvalue weighted by Crippen LogP contribution is -2.19. The predicted molar refractivity (Wildman–Crippen MR) is 80.7 cm³/mol. The Morgan fingerprint density at radius 3 is 2.29 bits per heavy atom. The highest BCUT2D eigenvalue weighted by Gasteiger charge is 2.24. The van der Waals surface area contributed by atoms with Crippen molar-refractivity contribution in [3.8, 4) is 11.1 Å². The second-order valence-corrected chi connectivity index (χ2v) is 6.59. The van der Waals surface area contributed by atoms with Crippen molar-refractivity contribution in [2.75, 3.05) is 5.73 Å². The van der Waals surface area contributed by atoms with Crippen LogP contribution in [0, 0.1) is 23.0 Å². The van der Waals surface area contributed by atoms with Gasteiger partial charge in [0.15, 0.2) is 5.82 Å². The number of H-pyrrole nitrogens is 1. The van der Waals surface area contributed by atoms with Crippen molar-refractivity contribution in [1.82, 2.24) is 10.2 Å². The predicted octanol–water partition coefficient (Wildman–Crippen LogP) is 4.16. The van der Waals surface area contributed by atoms with Gasteiger partial charge in [-0.25, -0.2) is 8.78 Å². The average molecular weight is 293 g/mol. The molecule has 0 saturated heterocycles. The number of nitrogens with one attached hydrogen (secondary N) is 1. The molecule has 0 aliphatic heterocycles. The molecule has 21 heavy (non-hydrogen) atoms. The Morgan fingerprint density at radius 1 is 1.19 bits per heavy atom. The van der Waals surface area contributed by atoms with Gasteiger partial charge in [0.25, 0.3) is 0 Å². The van der Waals surface area contributed by atoms with Crippen molar-refractivity contribution < 1.29 is 8.78 Å². The molecule has 1 aromatic carbocycles. The summed E-state index contributed by atoms with van der Waals surface area (Å²) in [5.74, 6) is -0.633. The van der Waals surface area contributed by atoms with Gasteiger partial charge < -0.3 is 5.73 Å². The van der Waals surface area contributed by atoms with Gasteiger partial charge in [-0.1, -0.05) is 27.7 Å². The molecule has 1 unspecified atom stereocenters. The van der Waals surface area contributed by atoms with Gasteiger partial charge in [0.1, 0.15) is 11.6 Å². The Kier molecular flexibility index (Phi) is 4.03. The topological polar surface area (TPSA) is 54.7 Å². The minimum absolute atomic E-state index is 0.115. The molecule has 1 aromatic heterocycles. The molecule has 1 atom stereocenters. The average Bonchev–Trinajstić information content (AvgIpc) is 2.68. The van der Waals surface area contributed by atoms with E-state index in [0.717, 1.165) is 11.8 Å². The van der Waals surface area contributed by atoms with Crippen molar-refractivity contribution in [2.45, 2.75) is 34.1 Å². The molecule has 0 bridgehead atoms. The molecular weight excluding hydrogens is 272 g/mol. The van der Waals surface area contributed by atoms with Crippen molar-refractivity contribution in [2.24, 2.45) is 11.3 Å². The Morgan fingerprint density at radius 2 is 1.76 bits per heavy atom. The van der Waals surface area contributed by atoms with Gasteiger partial charge in [-0.05, 0) is 35.4 Å². The van der Waals surface area contributed by atoms with E-state index in [4.69, 9.17) is 5.73 Å². The molecule has 0 aliphatic carbocycles. The molecule has 3 nitrogen and oxygen atoms in total. The zero-order valence-electron chi connectivity index (χ0n) is 12.8. The van der Waals surface area contributed by atoms with Gasteiger partial charge in [0.2, 0.25) is 0 Å². The van der Waals surface area contributed by atoms with Crippen LogP contribution in [0.25, 0.3) is 11.1 Å². The van der Waals surface area contributed by atoms with Crippen LogP contribution in [0.3, 0.4) is 0 Å². The Bertz CT molecular complexity index is 621. The minimum atomic E-state index is -0.625. The molecule has 2 rings (SSSR count). The Labute approximate surface area is 123 Å². The van der Waals surface area contributed by atoms with Crippen LogP contribution < -0.4 is 5.73 Å². The largest absolute Gasteiger partial charge is 0.382 e. The Balaban J connectivity index is 2.43. The van der Waals surface area contributed by atoms with E-state index in [1.165, 1.54) is 12.1 Å². The molecule has 0 spiro atoms. The first-order valence-electron chi connectivity index (χ1n) is 6.97. The number of hydrogen-bond acceptors (Lipinski definition) is 2. The van der Waals surface area contributed by atoms with E-state index >= 15 is 0 Å². The summed E-state index contributed by atoms with van der Waals surface area (Å²) < 4.78 is 26.8. The fraction of sp³-hybridized carbons (Fsp3) is 0.438. The number of benzene rings is 1. The van der Waals surface area contributed by atoms with Crippen molar-refractivity contribution in [3.05, 3.63) is 35.5 Å². The quantitative estimate of drug-likeness (QED) is 0.892. The Hall–Kier alpha value is -1.91. The van der Waals surface area contributed by atoms with Gasteiger partial charge in [0, 0.05) is 17.3 Å². The molecule has 3 N–H and O–H groups in total. The maximum atomic E-state index is 13.4. The summed E-state index contributed by atoms with van der Waals surface area (Å²) in [5.41, 5.74) is 7.79. The molecule has 5 heteroatoms. The number of anilines is 1. The summed E-state index contributed by atoms with van der Waals surface area (Å²) in [6.45, 7) is 8.59. The minimum Gasteiger partial charge on any atom is -0.382 e. The monoisotopic (exact) mass is 293 g/mol. The first-order valence-corrected chi connectivity index (χ1v) is 6.97. The number of aromatic nitrogens is 2. The lowest BCUT2D eigenvalue weighted by atomic mass is 9.79. The normalized spacial score (nSPS) is 13.4. The lowest BCUT2D eigenvalue weighted by molar-refractivity contribution is 0.258. The molecular formula is C16H21F2N3. The van der Waals surface area contributed by atoms with Gasteiger partial charge >= 0.3 is 0 Å². The molecule has 0 radical (unpaired) electrons. The fourth-order valence-electron chi connectivity index (χ4n) is 2.17. The maximum absolute atomic E-state index is 13.4. The summed E-state index contributed by atoms with van der Waals surface area (Å²) in [6, 6.07) is 3.39.